The van der Waals surface area contributed by atoms with Gasteiger partial charge >= 0.3 is 0 Å². The summed E-state index contributed by atoms with van der Waals surface area (Å²) in [4.78, 5) is 26.6. The van der Waals surface area contributed by atoms with E-state index in [-0.39, 0.29) is 17.9 Å². The number of nitrogens with one attached hydrogen (secondary N) is 1. The first-order valence-electron chi connectivity index (χ1n) is 19.0. The normalized spacial score (nSPS) is 18.6. The molecule has 0 aromatic heterocycles. The summed E-state index contributed by atoms with van der Waals surface area (Å²) in [6.07, 6.45) is 9.62. The second kappa shape index (κ2) is 23.7. The van der Waals surface area contributed by atoms with Crippen molar-refractivity contribution in [1.29, 1.82) is 0 Å². The Kier molecular flexibility index (Phi) is 19.8. The molecule has 54 heavy (non-hydrogen) atoms. The molecule has 1 aliphatic carbocycles. The van der Waals surface area contributed by atoms with Crippen LogP contribution in [0.25, 0.3) is 0 Å². The summed E-state index contributed by atoms with van der Waals surface area (Å²) in [6, 6.07) is 19.6. The van der Waals surface area contributed by atoms with E-state index < -0.39 is 6.10 Å². The molecule has 5 atom stereocenters. The highest BCUT2D eigenvalue weighted by atomic mass is 35.5. The summed E-state index contributed by atoms with van der Waals surface area (Å²) in [5.41, 5.74) is 4.56. The minimum atomic E-state index is -0.546. The van der Waals surface area contributed by atoms with Crippen molar-refractivity contribution in [2.75, 3.05) is 45.3 Å². The van der Waals surface area contributed by atoms with Crippen molar-refractivity contribution in [3.63, 3.8) is 0 Å². The van der Waals surface area contributed by atoms with Gasteiger partial charge in [-0.1, -0.05) is 74.7 Å². The third kappa shape index (κ3) is 13.5. The Hall–Kier alpha value is -3.21. The number of anilines is 1. The molecule has 1 saturated carbocycles. The summed E-state index contributed by atoms with van der Waals surface area (Å²) in [5.74, 6) is 2.06. The SMILES string of the molecule is CC.CCCc1cc(Cl)ccc1C1COc2ccc(C(C)O)cc2N(CC2CCC2C(/C=C/CCN(C)C(C)=O)OC)C1.O=CNSc1ccc(Cl)cc1. The quantitative estimate of drug-likeness (QED) is 0.0899. The number of hydrogen-bond acceptors (Lipinski definition) is 7. The predicted octanol–water partition coefficient (Wildman–Crippen LogP) is 9.91. The average molecular weight is 801 g/mol. The number of halogens is 2. The first-order valence-corrected chi connectivity index (χ1v) is 20.6. The molecule has 1 fully saturated rings. The first-order chi connectivity index (χ1) is 26.0. The fraction of sp³-hybridized carbons (Fsp3) is 0.488. The van der Waals surface area contributed by atoms with Gasteiger partial charge in [0.25, 0.3) is 0 Å². The molecule has 1 aliphatic heterocycles. The van der Waals surface area contributed by atoms with E-state index in [0.717, 1.165) is 72.1 Å². The minimum Gasteiger partial charge on any atom is -0.491 e. The van der Waals surface area contributed by atoms with Gasteiger partial charge in [0.1, 0.15) is 5.75 Å². The van der Waals surface area contributed by atoms with Gasteiger partial charge in [0.15, 0.2) is 0 Å². The van der Waals surface area contributed by atoms with E-state index in [0.29, 0.717) is 36.4 Å². The van der Waals surface area contributed by atoms with Crippen molar-refractivity contribution in [3.05, 3.63) is 99.6 Å². The minimum absolute atomic E-state index is 0.0473. The largest absolute Gasteiger partial charge is 0.491 e. The molecule has 0 radical (unpaired) electrons. The van der Waals surface area contributed by atoms with E-state index in [1.54, 1.807) is 31.1 Å². The maximum absolute atomic E-state index is 11.5. The van der Waals surface area contributed by atoms with Crippen molar-refractivity contribution >= 4 is 53.2 Å². The van der Waals surface area contributed by atoms with Crippen molar-refractivity contribution in [3.8, 4) is 5.75 Å². The van der Waals surface area contributed by atoms with E-state index in [4.69, 9.17) is 32.7 Å². The van der Waals surface area contributed by atoms with Gasteiger partial charge in [0.05, 0.1) is 24.5 Å². The number of methoxy groups -OCH3 is 1. The standard InChI is InChI=1S/C34H47ClN2O4.C7H6ClNOS.C2H6/c1-6-9-26-18-29(35)13-15-30(26)28-21-37(32-19-25(23(2)38)12-16-34(32)41-22-28)20-27-11-14-31(27)33(40-5)10-7-8-17-36(4)24(3)39;8-6-1-3-7(4-2-6)11-9-5-10;1-2/h7,10,12-13,15-16,18-19,23,27-28,31,33,38H,6,8-9,11,14,17,20-22H2,1-5H3;1-5H,(H,9,10);1-2H3/b10-7+;;. The highest BCUT2D eigenvalue weighted by molar-refractivity contribution is 7.97. The highest BCUT2D eigenvalue weighted by Crippen LogP contribution is 2.43. The summed E-state index contributed by atoms with van der Waals surface area (Å²) in [7, 11) is 3.63. The fourth-order valence-electron chi connectivity index (χ4n) is 6.77. The van der Waals surface area contributed by atoms with Crippen molar-refractivity contribution in [1.82, 2.24) is 9.62 Å². The lowest BCUT2D eigenvalue weighted by Crippen LogP contribution is -2.44. The lowest BCUT2D eigenvalue weighted by Gasteiger charge is -2.43. The Balaban J connectivity index is 0.000000512. The number of hydrogen-bond donors (Lipinski definition) is 2. The van der Waals surface area contributed by atoms with Crippen LogP contribution in [0.2, 0.25) is 10.0 Å². The van der Waals surface area contributed by atoms with Gasteiger partial charge in [0, 0.05) is 61.6 Å². The van der Waals surface area contributed by atoms with Gasteiger partial charge in [-0.25, -0.2) is 0 Å². The molecular formula is C43H59Cl2N3O5S. The van der Waals surface area contributed by atoms with Gasteiger partial charge in [-0.2, -0.15) is 0 Å². The molecule has 3 aromatic rings. The third-order valence-corrected chi connectivity index (χ3v) is 11.1. The van der Waals surface area contributed by atoms with Gasteiger partial charge < -0.3 is 24.4 Å². The van der Waals surface area contributed by atoms with Crippen LogP contribution in [0.1, 0.15) is 89.0 Å². The van der Waals surface area contributed by atoms with Crippen LogP contribution in [0.3, 0.4) is 0 Å². The maximum Gasteiger partial charge on any atom is 0.219 e. The molecule has 5 rings (SSSR count). The first kappa shape index (κ1) is 45.2. The summed E-state index contributed by atoms with van der Waals surface area (Å²) < 4.78 is 14.9. The van der Waals surface area contributed by atoms with Gasteiger partial charge in [-0.3, -0.25) is 14.3 Å². The number of rotatable bonds is 15. The molecule has 0 bridgehead atoms. The second-order valence-corrected chi connectivity index (χ2v) is 15.3. The topological polar surface area (TPSA) is 91.3 Å². The van der Waals surface area contributed by atoms with Gasteiger partial charge in [0.2, 0.25) is 12.3 Å². The fourth-order valence-corrected chi connectivity index (χ4v) is 7.55. The molecule has 2 amide bonds. The molecule has 2 N–H and O–H groups in total. The molecule has 296 valence electrons. The van der Waals surface area contributed by atoms with Crippen molar-refractivity contribution < 1.29 is 24.2 Å². The smallest absolute Gasteiger partial charge is 0.219 e. The maximum atomic E-state index is 11.5. The molecule has 11 heteroatoms. The monoisotopic (exact) mass is 799 g/mol. The number of carbonyl (C=O) groups is 2. The van der Waals surface area contributed by atoms with E-state index >= 15 is 0 Å². The lowest BCUT2D eigenvalue weighted by atomic mass is 9.70. The van der Waals surface area contributed by atoms with Crippen LogP contribution >= 0.6 is 35.1 Å². The van der Waals surface area contributed by atoms with E-state index in [9.17, 15) is 14.7 Å². The Labute approximate surface area is 337 Å². The van der Waals surface area contributed by atoms with Gasteiger partial charge in [-0.05, 0) is 122 Å². The van der Waals surface area contributed by atoms with Crippen LogP contribution < -0.4 is 14.4 Å². The zero-order valence-corrected chi connectivity index (χ0v) is 35.2. The molecule has 2 aliphatic rings. The van der Waals surface area contributed by atoms with Crippen LogP contribution in [0.4, 0.5) is 5.69 Å². The number of carbonyl (C=O) groups excluding carboxylic acids is 2. The van der Waals surface area contributed by atoms with Crippen molar-refractivity contribution in [2.45, 2.75) is 89.7 Å². The number of nitrogens with zero attached hydrogens (tertiary/aromatic N) is 2. The lowest BCUT2D eigenvalue weighted by molar-refractivity contribution is -0.127. The number of aliphatic hydroxyl groups excluding tert-OH is 1. The number of amides is 2. The van der Waals surface area contributed by atoms with Crippen LogP contribution in [0.5, 0.6) is 5.75 Å². The highest BCUT2D eigenvalue weighted by Gasteiger charge is 2.38. The Morgan fingerprint density at radius 1 is 1.11 bits per heavy atom. The van der Waals surface area contributed by atoms with E-state index in [1.807, 2.05) is 58.2 Å². The Bertz CT molecular complexity index is 1620. The molecule has 0 saturated heterocycles. The van der Waals surface area contributed by atoms with Crippen LogP contribution in [-0.4, -0.2) is 68.8 Å². The molecule has 1 heterocycles. The number of ether oxygens (including phenoxy) is 2. The Morgan fingerprint density at radius 2 is 1.83 bits per heavy atom. The predicted molar refractivity (Wildman–Crippen MR) is 225 cm³/mol. The van der Waals surface area contributed by atoms with E-state index in [2.05, 4.69) is 46.9 Å². The molecule has 3 aromatic carbocycles. The second-order valence-electron chi connectivity index (χ2n) is 13.6. The third-order valence-electron chi connectivity index (χ3n) is 9.91. The van der Waals surface area contributed by atoms with Crippen LogP contribution in [0, 0.1) is 11.8 Å². The number of fused-ring (bicyclic) bond motifs is 1. The zero-order chi connectivity index (χ0) is 39.6. The Morgan fingerprint density at radius 3 is 2.44 bits per heavy atom. The number of aliphatic hydroxyl groups is 1. The van der Waals surface area contributed by atoms with Crippen LogP contribution in [0.15, 0.2) is 77.7 Å². The summed E-state index contributed by atoms with van der Waals surface area (Å²) in [6.45, 7) is 12.6. The molecular weight excluding hydrogens is 741 g/mol. The van der Waals surface area contributed by atoms with Gasteiger partial charge in [-0.15, -0.1) is 0 Å². The number of benzene rings is 3. The summed E-state index contributed by atoms with van der Waals surface area (Å²) in [5, 5.41) is 11.8. The molecule has 0 spiro atoms. The average Bonchev–Trinajstić information content (AvgIpc) is 3.34. The molecule has 5 unspecified atom stereocenters. The molecule has 8 nitrogen and oxygen atoms in total. The summed E-state index contributed by atoms with van der Waals surface area (Å²) >= 11 is 13.3. The van der Waals surface area contributed by atoms with Crippen LogP contribution in [-0.2, 0) is 20.7 Å². The van der Waals surface area contributed by atoms with E-state index in [1.165, 1.54) is 23.1 Å². The zero-order valence-electron chi connectivity index (χ0n) is 32.9. The number of aryl methyl sites for hydroxylation is 1. The van der Waals surface area contributed by atoms with Crippen molar-refractivity contribution in [2.24, 2.45) is 11.8 Å².